The zero-order chi connectivity index (χ0) is 24.0. The fourth-order valence-electron chi connectivity index (χ4n) is 2.91. The molecular weight excluding hydrogens is 432 g/mol. The molecule has 0 aliphatic carbocycles. The van der Waals surface area contributed by atoms with Gasteiger partial charge in [-0.15, -0.1) is 5.10 Å². The number of aromatic nitrogens is 3. The normalized spacial score (nSPS) is 10.4. The van der Waals surface area contributed by atoms with Crippen LogP contribution < -0.4 is 10.6 Å². The lowest BCUT2D eigenvalue weighted by Crippen LogP contribution is -2.31. The van der Waals surface area contributed by atoms with Crippen LogP contribution in [0.3, 0.4) is 0 Å². The van der Waals surface area contributed by atoms with Gasteiger partial charge < -0.3 is 15.4 Å². The Hall–Kier alpha value is -4.61. The summed E-state index contributed by atoms with van der Waals surface area (Å²) >= 11 is 0. The number of nitrogens with zero attached hydrogens (tertiary/aromatic N) is 4. The monoisotopic (exact) mass is 452 g/mol. The Balaban J connectivity index is 1.65. The van der Waals surface area contributed by atoms with E-state index in [0.29, 0.717) is 22.6 Å². The number of nitro groups is 1. The highest BCUT2D eigenvalue weighted by Crippen LogP contribution is 2.19. The van der Waals surface area contributed by atoms with E-state index in [1.807, 2.05) is 0 Å². The highest BCUT2D eigenvalue weighted by Gasteiger charge is 2.19. The third-order valence-corrected chi connectivity index (χ3v) is 4.63. The Morgan fingerprint density at radius 3 is 2.55 bits per heavy atom. The minimum Gasteiger partial charge on any atom is -0.468 e. The molecule has 0 saturated carbocycles. The van der Waals surface area contributed by atoms with E-state index in [9.17, 15) is 24.5 Å². The van der Waals surface area contributed by atoms with Gasteiger partial charge in [0.25, 0.3) is 11.6 Å². The zero-order valence-electron chi connectivity index (χ0n) is 17.8. The van der Waals surface area contributed by atoms with Gasteiger partial charge >= 0.3 is 5.97 Å². The number of rotatable bonds is 8. The Morgan fingerprint density at radius 2 is 1.88 bits per heavy atom. The van der Waals surface area contributed by atoms with E-state index in [1.165, 1.54) is 30.0 Å². The molecule has 12 nitrogen and oxygen atoms in total. The average Bonchev–Trinajstić information content (AvgIpc) is 3.20. The van der Waals surface area contributed by atoms with Crippen molar-refractivity contribution in [3.63, 3.8) is 0 Å². The molecule has 2 N–H and O–H groups in total. The summed E-state index contributed by atoms with van der Waals surface area (Å²) in [7, 11) is 1.23. The number of benzene rings is 2. The van der Waals surface area contributed by atoms with Crippen molar-refractivity contribution in [2.24, 2.45) is 0 Å². The topological polar surface area (TPSA) is 158 Å². The summed E-state index contributed by atoms with van der Waals surface area (Å²) < 4.78 is 5.80. The van der Waals surface area contributed by atoms with Crippen molar-refractivity contribution in [1.29, 1.82) is 0 Å². The second-order valence-electron chi connectivity index (χ2n) is 6.89. The summed E-state index contributed by atoms with van der Waals surface area (Å²) in [5.41, 5.74) is 1.93. The first-order valence-corrected chi connectivity index (χ1v) is 9.69. The van der Waals surface area contributed by atoms with Crippen LogP contribution in [0, 0.1) is 17.0 Å². The van der Waals surface area contributed by atoms with Gasteiger partial charge in [0, 0.05) is 17.8 Å². The lowest BCUT2D eigenvalue weighted by atomic mass is 10.1. The van der Waals surface area contributed by atoms with Crippen molar-refractivity contribution in [3.8, 4) is 5.69 Å². The summed E-state index contributed by atoms with van der Waals surface area (Å²) in [4.78, 5) is 46.0. The first-order valence-electron chi connectivity index (χ1n) is 9.69. The lowest BCUT2D eigenvalue weighted by Gasteiger charge is -2.07. The molecule has 2 amide bonds. The smallest absolute Gasteiger partial charge is 0.325 e. The third-order valence-electron chi connectivity index (χ3n) is 4.63. The van der Waals surface area contributed by atoms with Gasteiger partial charge in [0.1, 0.15) is 6.54 Å². The number of carbonyl (C=O) groups excluding carboxylic acids is 3. The Bertz CT molecular complexity index is 1200. The van der Waals surface area contributed by atoms with Crippen LogP contribution in [-0.2, 0) is 20.7 Å². The van der Waals surface area contributed by atoms with Gasteiger partial charge in [0.2, 0.25) is 5.91 Å². The van der Waals surface area contributed by atoms with Crippen molar-refractivity contribution in [3.05, 3.63) is 75.6 Å². The fourth-order valence-corrected chi connectivity index (χ4v) is 2.91. The maximum Gasteiger partial charge on any atom is 0.325 e. The third kappa shape index (κ3) is 5.76. The molecule has 2 aromatic carbocycles. The molecule has 12 heteroatoms. The van der Waals surface area contributed by atoms with E-state index in [-0.39, 0.29) is 30.3 Å². The van der Waals surface area contributed by atoms with E-state index in [2.05, 4.69) is 25.7 Å². The molecule has 3 rings (SSSR count). The number of hydrogen-bond donors (Lipinski definition) is 2. The van der Waals surface area contributed by atoms with Crippen molar-refractivity contribution in [2.45, 2.75) is 13.3 Å². The molecule has 170 valence electrons. The molecule has 0 aliphatic heterocycles. The number of methoxy groups -OCH3 is 1. The van der Waals surface area contributed by atoms with Crippen molar-refractivity contribution >= 4 is 29.2 Å². The van der Waals surface area contributed by atoms with E-state index < -0.39 is 16.8 Å². The molecule has 1 aromatic heterocycles. The van der Waals surface area contributed by atoms with Gasteiger partial charge in [-0.05, 0) is 30.7 Å². The second kappa shape index (κ2) is 10.1. The maximum atomic E-state index is 12.7. The number of nitrogens with one attached hydrogen (secondary N) is 2. The fraction of sp³-hybridized carbons (Fsp3) is 0.190. The van der Waals surface area contributed by atoms with Crippen LogP contribution >= 0.6 is 0 Å². The van der Waals surface area contributed by atoms with Gasteiger partial charge in [-0.1, -0.05) is 23.4 Å². The molecule has 0 fully saturated rings. The molecule has 0 spiro atoms. The standard InChI is InChI=1S/C21H20N6O6/c1-13-20(24-25-26(13)16-4-3-5-17(11-16)27(31)32)21(30)23-15-8-6-14(7-9-15)10-18(28)22-12-19(29)33-2/h3-9,11H,10,12H2,1-2H3,(H,22,28)(H,23,30). The lowest BCUT2D eigenvalue weighted by molar-refractivity contribution is -0.384. The van der Waals surface area contributed by atoms with Crippen LogP contribution in [0.4, 0.5) is 11.4 Å². The highest BCUT2D eigenvalue weighted by atomic mass is 16.6. The zero-order valence-corrected chi connectivity index (χ0v) is 17.8. The van der Waals surface area contributed by atoms with Gasteiger partial charge in [0.15, 0.2) is 5.69 Å². The summed E-state index contributed by atoms with van der Waals surface area (Å²) in [6.45, 7) is 1.42. The van der Waals surface area contributed by atoms with Crippen molar-refractivity contribution < 1.29 is 24.0 Å². The number of non-ortho nitro benzene ring substituents is 1. The SMILES string of the molecule is COC(=O)CNC(=O)Cc1ccc(NC(=O)c2nnn(-c3cccc([N+](=O)[O-])c3)c2C)cc1. The summed E-state index contributed by atoms with van der Waals surface area (Å²) in [5.74, 6) is -1.39. The highest BCUT2D eigenvalue weighted by molar-refractivity contribution is 6.03. The second-order valence-corrected chi connectivity index (χ2v) is 6.89. The Kier molecular flexibility index (Phi) is 7.08. The maximum absolute atomic E-state index is 12.7. The number of amides is 2. The van der Waals surface area contributed by atoms with Crippen LogP contribution in [0.15, 0.2) is 48.5 Å². The van der Waals surface area contributed by atoms with Crippen LogP contribution in [-0.4, -0.2) is 51.4 Å². The number of hydrogen-bond acceptors (Lipinski definition) is 8. The minimum absolute atomic E-state index is 0.0574. The van der Waals surface area contributed by atoms with Crippen LogP contribution in [0.5, 0.6) is 0 Å². The van der Waals surface area contributed by atoms with Gasteiger partial charge in [-0.25, -0.2) is 4.68 Å². The average molecular weight is 452 g/mol. The Morgan fingerprint density at radius 1 is 1.15 bits per heavy atom. The van der Waals surface area contributed by atoms with Crippen molar-refractivity contribution in [2.75, 3.05) is 19.0 Å². The number of carbonyl (C=O) groups is 3. The van der Waals surface area contributed by atoms with Crippen LogP contribution in [0.25, 0.3) is 5.69 Å². The number of ether oxygens (including phenoxy) is 1. The molecule has 33 heavy (non-hydrogen) atoms. The molecule has 3 aromatic rings. The minimum atomic E-state index is -0.542. The van der Waals surface area contributed by atoms with E-state index in [0.717, 1.165) is 0 Å². The van der Waals surface area contributed by atoms with Crippen LogP contribution in [0.1, 0.15) is 21.7 Å². The number of nitro benzene ring substituents is 1. The molecular formula is C21H20N6O6. The molecule has 1 heterocycles. The number of anilines is 1. The molecule has 0 saturated heterocycles. The predicted molar refractivity (Wildman–Crippen MR) is 116 cm³/mol. The van der Waals surface area contributed by atoms with Gasteiger partial charge in [-0.2, -0.15) is 0 Å². The predicted octanol–water partition coefficient (Wildman–Crippen LogP) is 1.57. The van der Waals surface area contributed by atoms with E-state index >= 15 is 0 Å². The number of esters is 1. The Labute approximate surface area is 187 Å². The van der Waals surface area contributed by atoms with Gasteiger partial charge in [-0.3, -0.25) is 24.5 Å². The van der Waals surface area contributed by atoms with Crippen LogP contribution in [0.2, 0.25) is 0 Å². The molecule has 0 bridgehead atoms. The van der Waals surface area contributed by atoms with Crippen molar-refractivity contribution in [1.82, 2.24) is 20.3 Å². The first-order chi connectivity index (χ1) is 15.8. The molecule has 0 aliphatic rings. The molecule has 0 unspecified atom stereocenters. The molecule has 0 atom stereocenters. The van der Waals surface area contributed by atoms with E-state index in [1.54, 1.807) is 37.3 Å². The quantitative estimate of drug-likeness (QED) is 0.296. The molecule has 0 radical (unpaired) electrons. The van der Waals surface area contributed by atoms with Gasteiger partial charge in [0.05, 0.1) is 29.8 Å². The summed E-state index contributed by atoms with van der Waals surface area (Å²) in [6, 6.07) is 12.4. The summed E-state index contributed by atoms with van der Waals surface area (Å²) in [6.07, 6.45) is 0.0574. The van der Waals surface area contributed by atoms with E-state index in [4.69, 9.17) is 0 Å². The first kappa shape index (κ1) is 23.1. The largest absolute Gasteiger partial charge is 0.468 e. The summed E-state index contributed by atoms with van der Waals surface area (Å²) in [5, 5.41) is 24.0.